The predicted molar refractivity (Wildman–Crippen MR) is 123 cm³/mol. The molecular weight excluding hydrogens is 393 g/mol. The van der Waals surface area contributed by atoms with Crippen LogP contribution in [0.4, 0.5) is 0 Å². The zero-order valence-electron chi connectivity index (χ0n) is 13.4. The summed E-state index contributed by atoms with van der Waals surface area (Å²) < 4.78 is 11.4. The van der Waals surface area contributed by atoms with Gasteiger partial charge in [0.2, 0.25) is 0 Å². The van der Waals surface area contributed by atoms with Crippen molar-refractivity contribution in [3.05, 3.63) is 60.7 Å². The molecule has 0 unspecified atom stereocenters. The van der Waals surface area contributed by atoms with Crippen LogP contribution in [0.25, 0.3) is 59.1 Å². The molecule has 0 nitrogen and oxygen atoms in total. The fourth-order valence-electron chi connectivity index (χ4n) is 3.90. The maximum absolute atomic E-state index is 2.44. The number of benzene rings is 3. The Balaban J connectivity index is 1.67. The quantitative estimate of drug-likeness (QED) is 0.238. The van der Waals surface area contributed by atoms with Gasteiger partial charge in [-0.05, 0) is 24.3 Å². The molecule has 0 fully saturated rings. The summed E-state index contributed by atoms with van der Waals surface area (Å²) in [5.41, 5.74) is 0. The van der Waals surface area contributed by atoms with Crippen LogP contribution in [0.2, 0.25) is 0 Å². The lowest BCUT2D eigenvalue weighted by Gasteiger charge is -1.93. The van der Waals surface area contributed by atoms with E-state index in [0.29, 0.717) is 0 Å². The average Bonchev–Trinajstić information content (AvgIpc) is 3.38. The van der Waals surface area contributed by atoms with E-state index in [9.17, 15) is 0 Å². The van der Waals surface area contributed by atoms with Gasteiger partial charge < -0.3 is 0 Å². The van der Waals surface area contributed by atoms with E-state index in [2.05, 4.69) is 60.7 Å². The SMILES string of the molecule is c1ccc2c(c1)sc1c3cc4sc5c6ccccc6sc5c4cc3sc21. The molecule has 122 valence electrons. The van der Waals surface area contributed by atoms with E-state index >= 15 is 0 Å². The minimum atomic E-state index is 1.40. The number of fused-ring (bicyclic) bond motifs is 10. The van der Waals surface area contributed by atoms with Gasteiger partial charge in [-0.15, -0.1) is 45.3 Å². The van der Waals surface area contributed by atoms with Crippen molar-refractivity contribution in [2.75, 3.05) is 0 Å². The molecule has 4 heterocycles. The molecule has 3 aromatic carbocycles. The third-order valence-electron chi connectivity index (χ3n) is 5.09. The largest absolute Gasteiger partial charge is 0.134 e. The van der Waals surface area contributed by atoms with Crippen molar-refractivity contribution in [1.29, 1.82) is 0 Å². The molecule has 0 amide bonds. The average molecular weight is 403 g/mol. The Morgan fingerprint density at radius 2 is 0.769 bits per heavy atom. The van der Waals surface area contributed by atoms with Gasteiger partial charge in [0.15, 0.2) is 0 Å². The Morgan fingerprint density at radius 3 is 1.27 bits per heavy atom. The Kier molecular flexibility index (Phi) is 2.63. The smallest absolute Gasteiger partial charge is 0.0542 e. The lowest BCUT2D eigenvalue weighted by Crippen LogP contribution is -1.64. The molecule has 0 bridgehead atoms. The third kappa shape index (κ3) is 1.68. The molecule has 7 aromatic rings. The van der Waals surface area contributed by atoms with Gasteiger partial charge in [0.1, 0.15) is 0 Å². The van der Waals surface area contributed by atoms with Crippen LogP contribution in [0.3, 0.4) is 0 Å². The minimum Gasteiger partial charge on any atom is -0.134 e. The van der Waals surface area contributed by atoms with E-state index in [1.54, 1.807) is 0 Å². The highest BCUT2D eigenvalue weighted by atomic mass is 32.1. The van der Waals surface area contributed by atoms with Crippen molar-refractivity contribution in [2.24, 2.45) is 0 Å². The first-order valence-corrected chi connectivity index (χ1v) is 11.7. The van der Waals surface area contributed by atoms with Crippen molar-refractivity contribution < 1.29 is 0 Å². The lowest BCUT2D eigenvalue weighted by atomic mass is 10.2. The van der Waals surface area contributed by atoms with Crippen molar-refractivity contribution in [3.63, 3.8) is 0 Å². The molecule has 0 saturated carbocycles. The second-order valence-corrected chi connectivity index (χ2v) is 10.8. The Morgan fingerprint density at radius 1 is 0.385 bits per heavy atom. The van der Waals surface area contributed by atoms with Crippen LogP contribution < -0.4 is 0 Å². The fraction of sp³-hybridized carbons (Fsp3) is 0. The molecule has 4 aromatic heterocycles. The molecule has 0 aliphatic rings. The van der Waals surface area contributed by atoms with Crippen LogP contribution in [-0.2, 0) is 0 Å². The van der Waals surface area contributed by atoms with Crippen LogP contribution in [0.15, 0.2) is 60.7 Å². The summed E-state index contributed by atoms with van der Waals surface area (Å²) in [7, 11) is 0. The molecule has 0 N–H and O–H groups in total. The van der Waals surface area contributed by atoms with Gasteiger partial charge >= 0.3 is 0 Å². The molecule has 26 heavy (non-hydrogen) atoms. The highest BCUT2D eigenvalue weighted by Crippen LogP contribution is 2.49. The Bertz CT molecular complexity index is 1510. The van der Waals surface area contributed by atoms with E-state index in [-0.39, 0.29) is 0 Å². The molecule has 4 heteroatoms. The second-order valence-electron chi connectivity index (χ2n) is 6.56. The standard InChI is InChI=1S/C22H10S4/c1-3-7-15-11(5-1)19-21(23-15)13-9-18-14(10-17(13)25-19)22-20(26-18)12-6-2-4-8-16(12)24-22/h1-10H. The normalized spacial score (nSPS) is 12.6. The summed E-state index contributed by atoms with van der Waals surface area (Å²) in [6.07, 6.45) is 0. The first-order chi connectivity index (χ1) is 12.9. The maximum Gasteiger partial charge on any atom is 0.0542 e. The number of hydrogen-bond donors (Lipinski definition) is 0. The van der Waals surface area contributed by atoms with E-state index in [1.807, 2.05) is 45.3 Å². The van der Waals surface area contributed by atoms with Crippen LogP contribution in [0.5, 0.6) is 0 Å². The molecule has 0 aliphatic heterocycles. The van der Waals surface area contributed by atoms with Crippen molar-refractivity contribution in [3.8, 4) is 0 Å². The molecule has 7 rings (SSSR count). The minimum absolute atomic E-state index is 1.40. The fourth-order valence-corrected chi connectivity index (χ4v) is 9.24. The van der Waals surface area contributed by atoms with Gasteiger partial charge in [0, 0.05) is 40.3 Å². The molecule has 0 saturated heterocycles. The number of hydrogen-bond acceptors (Lipinski definition) is 4. The van der Waals surface area contributed by atoms with Gasteiger partial charge in [-0.25, -0.2) is 0 Å². The maximum atomic E-state index is 2.44. The van der Waals surface area contributed by atoms with E-state index in [1.165, 1.54) is 59.1 Å². The topological polar surface area (TPSA) is 0 Å². The van der Waals surface area contributed by atoms with E-state index < -0.39 is 0 Å². The van der Waals surface area contributed by atoms with Crippen LogP contribution in [-0.4, -0.2) is 0 Å². The van der Waals surface area contributed by atoms with Crippen molar-refractivity contribution >= 4 is 104 Å². The summed E-state index contributed by atoms with van der Waals surface area (Å²) in [5, 5.41) is 5.67. The van der Waals surface area contributed by atoms with Gasteiger partial charge in [0.25, 0.3) is 0 Å². The number of thiophene rings is 4. The molecule has 0 aliphatic carbocycles. The first kappa shape index (κ1) is 14.1. The highest BCUT2D eigenvalue weighted by molar-refractivity contribution is 7.38. The predicted octanol–water partition coefficient (Wildman–Crippen LogP) is 8.85. The zero-order chi connectivity index (χ0) is 16.8. The molecular formula is C22H10S4. The third-order valence-corrected chi connectivity index (χ3v) is 10.1. The summed E-state index contributed by atoms with van der Waals surface area (Å²) in [5.74, 6) is 0. The molecule has 0 atom stereocenters. The first-order valence-electron chi connectivity index (χ1n) is 8.44. The van der Waals surface area contributed by atoms with Crippen molar-refractivity contribution in [1.82, 2.24) is 0 Å². The van der Waals surface area contributed by atoms with Gasteiger partial charge in [-0.3, -0.25) is 0 Å². The summed E-state index contributed by atoms with van der Waals surface area (Å²) >= 11 is 7.77. The van der Waals surface area contributed by atoms with E-state index in [4.69, 9.17) is 0 Å². The molecule has 0 spiro atoms. The summed E-state index contributed by atoms with van der Waals surface area (Å²) in [6, 6.07) is 22.5. The van der Waals surface area contributed by atoms with Crippen LogP contribution in [0, 0.1) is 0 Å². The number of rotatable bonds is 0. The summed E-state index contributed by atoms with van der Waals surface area (Å²) in [6.45, 7) is 0. The van der Waals surface area contributed by atoms with Gasteiger partial charge in [0.05, 0.1) is 18.8 Å². The Hall–Kier alpha value is -1.98. The lowest BCUT2D eigenvalue weighted by molar-refractivity contribution is 1.87. The molecule has 0 radical (unpaired) electrons. The Labute approximate surface area is 164 Å². The zero-order valence-corrected chi connectivity index (χ0v) is 16.7. The van der Waals surface area contributed by atoms with E-state index in [0.717, 1.165) is 0 Å². The van der Waals surface area contributed by atoms with Crippen LogP contribution >= 0.6 is 45.3 Å². The van der Waals surface area contributed by atoms with Gasteiger partial charge in [-0.1, -0.05) is 36.4 Å². The van der Waals surface area contributed by atoms with Gasteiger partial charge in [-0.2, -0.15) is 0 Å². The monoisotopic (exact) mass is 402 g/mol. The summed E-state index contributed by atoms with van der Waals surface area (Å²) in [4.78, 5) is 0. The second kappa shape index (κ2) is 4.84. The van der Waals surface area contributed by atoms with Crippen molar-refractivity contribution in [2.45, 2.75) is 0 Å². The highest BCUT2D eigenvalue weighted by Gasteiger charge is 2.16. The van der Waals surface area contributed by atoms with Crippen LogP contribution in [0.1, 0.15) is 0 Å².